The molecule has 1 aliphatic heterocycles. The zero-order valence-electron chi connectivity index (χ0n) is 18.5. The Labute approximate surface area is 198 Å². The van der Waals surface area contributed by atoms with Gasteiger partial charge in [0.1, 0.15) is 17.6 Å². The zero-order valence-corrected chi connectivity index (χ0v) is 18.5. The maximum Gasteiger partial charge on any atom is 0.174 e. The first-order valence-electron chi connectivity index (χ1n) is 11.3. The number of benzene rings is 4. The molecule has 0 unspecified atom stereocenters. The lowest BCUT2D eigenvalue weighted by Gasteiger charge is -2.37. The fraction of sp³-hybridized carbons (Fsp3) is 0.133. The first-order chi connectivity index (χ1) is 16.6. The number of aromatic hydroxyl groups is 1. The first kappa shape index (κ1) is 21.7. The Morgan fingerprint density at radius 2 is 1.41 bits per heavy atom. The van der Waals surface area contributed by atoms with Crippen LogP contribution in [0.2, 0.25) is 0 Å². The summed E-state index contributed by atoms with van der Waals surface area (Å²) in [5.74, 6) is -0.833. The van der Waals surface area contributed by atoms with E-state index in [0.717, 1.165) is 11.1 Å². The van der Waals surface area contributed by atoms with Crippen molar-refractivity contribution in [3.8, 4) is 11.5 Å². The molecule has 168 valence electrons. The molecule has 1 heterocycles. The number of carbonyl (C=O) groups excluding carboxylic acids is 2. The van der Waals surface area contributed by atoms with Crippen LogP contribution in [0.15, 0.2) is 109 Å². The van der Waals surface area contributed by atoms with Gasteiger partial charge in [0, 0.05) is 12.3 Å². The van der Waals surface area contributed by atoms with Crippen molar-refractivity contribution in [1.82, 2.24) is 0 Å². The second-order valence-corrected chi connectivity index (χ2v) is 8.50. The van der Waals surface area contributed by atoms with Gasteiger partial charge < -0.3 is 9.84 Å². The fourth-order valence-electron chi connectivity index (χ4n) is 4.78. The van der Waals surface area contributed by atoms with E-state index in [9.17, 15) is 14.7 Å². The van der Waals surface area contributed by atoms with E-state index in [0.29, 0.717) is 11.3 Å². The van der Waals surface area contributed by atoms with Gasteiger partial charge >= 0.3 is 0 Å². The maximum absolute atomic E-state index is 14.0. The molecule has 0 aliphatic carbocycles. The number of Topliss-reactive ketones (excluding diaryl/α,β-unsaturated/α-hetero) is 2. The number of carbonyl (C=O) groups is 2. The molecule has 1 aliphatic rings. The van der Waals surface area contributed by atoms with Gasteiger partial charge in [0.15, 0.2) is 11.6 Å². The van der Waals surface area contributed by atoms with E-state index >= 15 is 0 Å². The standard InChI is InChI=1S/C30H24O4/c31-25-17-9-7-15-22(25)26(32)19-24(20-11-3-1-4-12-20)28-29(33)23-16-8-10-18-27(23)34-30(28)21-13-5-2-6-14-21/h1-18,24,28,30-31H,19H2/t24-,28+,30-/m0/s1. The molecule has 0 spiro atoms. The predicted octanol–water partition coefficient (Wildman–Crippen LogP) is 6.38. The Balaban J connectivity index is 1.62. The SMILES string of the molecule is O=C(C[C@@H](c1ccccc1)[C@@H]1C(=O)c2ccccc2O[C@H]1c1ccccc1)c1ccccc1O. The van der Waals surface area contributed by atoms with Gasteiger partial charge in [-0.3, -0.25) is 9.59 Å². The van der Waals surface area contributed by atoms with Crippen LogP contribution >= 0.6 is 0 Å². The summed E-state index contributed by atoms with van der Waals surface area (Å²) in [5, 5.41) is 10.3. The number of para-hydroxylation sites is 2. The second-order valence-electron chi connectivity index (χ2n) is 8.50. The van der Waals surface area contributed by atoms with Gasteiger partial charge in [0.25, 0.3) is 0 Å². The highest BCUT2D eigenvalue weighted by Crippen LogP contribution is 2.46. The van der Waals surface area contributed by atoms with Crippen molar-refractivity contribution < 1.29 is 19.4 Å². The third-order valence-corrected chi connectivity index (χ3v) is 6.43. The van der Waals surface area contributed by atoms with Crippen molar-refractivity contribution in [2.24, 2.45) is 5.92 Å². The Bertz CT molecular complexity index is 1310. The largest absolute Gasteiger partial charge is 0.507 e. The molecule has 0 amide bonds. The van der Waals surface area contributed by atoms with Crippen LogP contribution in [0.5, 0.6) is 11.5 Å². The molecule has 4 aromatic rings. The van der Waals surface area contributed by atoms with E-state index in [1.807, 2.05) is 78.9 Å². The Morgan fingerprint density at radius 3 is 2.15 bits per heavy atom. The number of phenols is 1. The van der Waals surface area contributed by atoms with Crippen LogP contribution < -0.4 is 4.74 Å². The average Bonchev–Trinajstić information content (AvgIpc) is 2.89. The van der Waals surface area contributed by atoms with Gasteiger partial charge in [0.2, 0.25) is 0 Å². The molecule has 4 heteroatoms. The van der Waals surface area contributed by atoms with Crippen LogP contribution in [-0.4, -0.2) is 16.7 Å². The summed E-state index contributed by atoms with van der Waals surface area (Å²) >= 11 is 0. The molecule has 0 fully saturated rings. The Kier molecular flexibility index (Phi) is 5.96. The Hall–Kier alpha value is -4.18. The third kappa shape index (κ3) is 4.11. The van der Waals surface area contributed by atoms with Gasteiger partial charge in [-0.2, -0.15) is 0 Å². The number of hydrogen-bond acceptors (Lipinski definition) is 4. The molecule has 3 atom stereocenters. The van der Waals surface area contributed by atoms with Crippen LogP contribution in [0, 0.1) is 5.92 Å². The van der Waals surface area contributed by atoms with Crippen LogP contribution in [0.3, 0.4) is 0 Å². The summed E-state index contributed by atoms with van der Waals surface area (Å²) in [6, 6.07) is 33.1. The monoisotopic (exact) mass is 448 g/mol. The van der Waals surface area contributed by atoms with Crippen molar-refractivity contribution in [3.05, 3.63) is 131 Å². The van der Waals surface area contributed by atoms with Crippen LogP contribution in [0.4, 0.5) is 0 Å². The molecule has 34 heavy (non-hydrogen) atoms. The molecule has 0 aromatic heterocycles. The van der Waals surface area contributed by atoms with Crippen LogP contribution in [0.25, 0.3) is 0 Å². The molecule has 1 N–H and O–H groups in total. The van der Waals surface area contributed by atoms with E-state index in [4.69, 9.17) is 4.74 Å². The highest BCUT2D eigenvalue weighted by atomic mass is 16.5. The van der Waals surface area contributed by atoms with Gasteiger partial charge in [-0.05, 0) is 35.4 Å². The van der Waals surface area contributed by atoms with Crippen LogP contribution in [0.1, 0.15) is 50.3 Å². The summed E-state index contributed by atoms with van der Waals surface area (Å²) in [5.41, 5.74) is 2.54. The highest BCUT2D eigenvalue weighted by molar-refractivity contribution is 6.04. The number of ketones is 2. The number of ether oxygens (including phenoxy) is 1. The van der Waals surface area contributed by atoms with E-state index < -0.39 is 17.9 Å². The van der Waals surface area contributed by atoms with Crippen molar-refractivity contribution in [3.63, 3.8) is 0 Å². The average molecular weight is 449 g/mol. The summed E-state index contributed by atoms with van der Waals surface area (Å²) in [6.45, 7) is 0. The topological polar surface area (TPSA) is 63.6 Å². The van der Waals surface area contributed by atoms with Gasteiger partial charge in [-0.1, -0.05) is 84.9 Å². The summed E-state index contributed by atoms with van der Waals surface area (Å²) in [6.07, 6.45) is -0.488. The first-order valence-corrected chi connectivity index (χ1v) is 11.3. The van der Waals surface area contributed by atoms with E-state index in [1.54, 1.807) is 24.3 Å². The van der Waals surface area contributed by atoms with Crippen molar-refractivity contribution in [2.75, 3.05) is 0 Å². The highest BCUT2D eigenvalue weighted by Gasteiger charge is 2.44. The molecule has 0 radical (unpaired) electrons. The Morgan fingerprint density at radius 1 is 0.794 bits per heavy atom. The molecule has 5 rings (SSSR count). The molecule has 0 bridgehead atoms. The van der Waals surface area contributed by atoms with E-state index in [-0.39, 0.29) is 29.3 Å². The fourth-order valence-corrected chi connectivity index (χ4v) is 4.78. The minimum atomic E-state index is -0.616. The lowest BCUT2D eigenvalue weighted by molar-refractivity contribution is 0.0577. The molecule has 4 nitrogen and oxygen atoms in total. The normalized spacial score (nSPS) is 17.9. The molecule has 0 saturated carbocycles. The zero-order chi connectivity index (χ0) is 23.5. The maximum atomic E-state index is 14.0. The quantitative estimate of drug-likeness (QED) is 0.348. The van der Waals surface area contributed by atoms with E-state index in [1.165, 1.54) is 6.07 Å². The van der Waals surface area contributed by atoms with Crippen LogP contribution in [-0.2, 0) is 0 Å². The minimum Gasteiger partial charge on any atom is -0.507 e. The van der Waals surface area contributed by atoms with Gasteiger partial charge in [-0.15, -0.1) is 0 Å². The molecule has 4 aromatic carbocycles. The summed E-state index contributed by atoms with van der Waals surface area (Å²) in [7, 11) is 0. The molecular formula is C30H24O4. The third-order valence-electron chi connectivity index (χ3n) is 6.43. The number of hydrogen-bond donors (Lipinski definition) is 1. The number of rotatable bonds is 6. The molecule has 0 saturated heterocycles. The summed E-state index contributed by atoms with van der Waals surface area (Å²) < 4.78 is 6.43. The smallest absolute Gasteiger partial charge is 0.174 e. The minimum absolute atomic E-state index is 0.0466. The lowest BCUT2D eigenvalue weighted by Crippen LogP contribution is -2.36. The molecular weight excluding hydrogens is 424 g/mol. The van der Waals surface area contributed by atoms with Crippen molar-refractivity contribution >= 4 is 11.6 Å². The number of phenolic OH excluding ortho intramolecular Hbond substituents is 1. The lowest BCUT2D eigenvalue weighted by atomic mass is 9.72. The predicted molar refractivity (Wildman–Crippen MR) is 130 cm³/mol. The van der Waals surface area contributed by atoms with E-state index in [2.05, 4.69) is 0 Å². The summed E-state index contributed by atoms with van der Waals surface area (Å²) in [4.78, 5) is 27.3. The van der Waals surface area contributed by atoms with Gasteiger partial charge in [0.05, 0.1) is 17.0 Å². The van der Waals surface area contributed by atoms with Crippen molar-refractivity contribution in [2.45, 2.75) is 18.4 Å². The second kappa shape index (κ2) is 9.36. The van der Waals surface area contributed by atoms with Gasteiger partial charge in [-0.25, -0.2) is 0 Å². The van der Waals surface area contributed by atoms with Crippen molar-refractivity contribution in [1.29, 1.82) is 0 Å². The number of fused-ring (bicyclic) bond motifs is 1.